The first-order chi connectivity index (χ1) is 9.86. The minimum absolute atomic E-state index is 0.223. The van der Waals surface area contributed by atoms with Gasteiger partial charge in [-0.25, -0.2) is 0 Å². The molecule has 0 saturated heterocycles. The SMILES string of the molecule is COc1c(C)cnc(CC(O)C2CCCCC2(C)C)c1C. The molecule has 3 nitrogen and oxygen atoms in total. The molecule has 3 heteroatoms. The Morgan fingerprint density at radius 3 is 2.71 bits per heavy atom. The van der Waals surface area contributed by atoms with Crippen molar-refractivity contribution in [2.45, 2.75) is 65.9 Å². The molecule has 1 heterocycles. The van der Waals surface area contributed by atoms with Gasteiger partial charge in [-0.1, -0.05) is 26.7 Å². The second-order valence-electron chi connectivity index (χ2n) is 7.16. The summed E-state index contributed by atoms with van der Waals surface area (Å²) in [5.74, 6) is 1.26. The lowest BCUT2D eigenvalue weighted by Crippen LogP contribution is -2.38. The van der Waals surface area contributed by atoms with Gasteiger partial charge in [-0.15, -0.1) is 0 Å². The van der Waals surface area contributed by atoms with Gasteiger partial charge in [-0.2, -0.15) is 0 Å². The highest BCUT2D eigenvalue weighted by atomic mass is 16.5. The first-order valence-corrected chi connectivity index (χ1v) is 8.04. The van der Waals surface area contributed by atoms with Gasteiger partial charge in [0.25, 0.3) is 0 Å². The second-order valence-corrected chi connectivity index (χ2v) is 7.16. The molecule has 0 spiro atoms. The van der Waals surface area contributed by atoms with Gasteiger partial charge in [-0.05, 0) is 38.0 Å². The number of hydrogen-bond donors (Lipinski definition) is 1. The summed E-state index contributed by atoms with van der Waals surface area (Å²) < 4.78 is 5.46. The maximum absolute atomic E-state index is 10.7. The van der Waals surface area contributed by atoms with Crippen molar-refractivity contribution >= 4 is 0 Å². The minimum atomic E-state index is -0.320. The van der Waals surface area contributed by atoms with Crippen LogP contribution in [0.1, 0.15) is 56.4 Å². The van der Waals surface area contributed by atoms with Crippen LogP contribution in [-0.2, 0) is 6.42 Å². The quantitative estimate of drug-likeness (QED) is 0.917. The molecule has 0 aromatic carbocycles. The molecule has 1 aliphatic rings. The smallest absolute Gasteiger partial charge is 0.128 e. The van der Waals surface area contributed by atoms with Gasteiger partial charge >= 0.3 is 0 Å². The molecule has 2 rings (SSSR count). The van der Waals surface area contributed by atoms with Crippen molar-refractivity contribution in [2.75, 3.05) is 7.11 Å². The maximum Gasteiger partial charge on any atom is 0.128 e. The highest BCUT2D eigenvalue weighted by Crippen LogP contribution is 2.43. The van der Waals surface area contributed by atoms with E-state index in [9.17, 15) is 5.11 Å². The summed E-state index contributed by atoms with van der Waals surface area (Å²) in [7, 11) is 1.69. The molecule has 2 atom stereocenters. The molecule has 1 aromatic heterocycles. The van der Waals surface area contributed by atoms with Crippen LogP contribution in [0.4, 0.5) is 0 Å². The second kappa shape index (κ2) is 6.35. The zero-order valence-corrected chi connectivity index (χ0v) is 14.1. The third kappa shape index (κ3) is 3.39. The van der Waals surface area contributed by atoms with Crippen LogP contribution in [-0.4, -0.2) is 23.3 Å². The third-order valence-electron chi connectivity index (χ3n) is 5.21. The Labute approximate surface area is 128 Å². The molecular formula is C18H29NO2. The Balaban J connectivity index is 2.18. The van der Waals surface area contributed by atoms with E-state index in [1.165, 1.54) is 19.3 Å². The van der Waals surface area contributed by atoms with E-state index in [1.807, 2.05) is 20.0 Å². The number of methoxy groups -OCH3 is 1. The number of aliphatic hydroxyl groups is 1. The molecule has 118 valence electrons. The van der Waals surface area contributed by atoms with Crippen LogP contribution in [0.5, 0.6) is 5.75 Å². The number of hydrogen-bond acceptors (Lipinski definition) is 3. The van der Waals surface area contributed by atoms with Gasteiger partial charge in [0.05, 0.1) is 13.2 Å². The Morgan fingerprint density at radius 2 is 2.10 bits per heavy atom. The van der Waals surface area contributed by atoms with Crippen LogP contribution >= 0.6 is 0 Å². The summed E-state index contributed by atoms with van der Waals surface area (Å²) in [6.07, 6.45) is 6.99. The number of rotatable bonds is 4. The summed E-state index contributed by atoms with van der Waals surface area (Å²) >= 11 is 0. The third-order valence-corrected chi connectivity index (χ3v) is 5.21. The van der Waals surface area contributed by atoms with E-state index in [2.05, 4.69) is 18.8 Å². The topological polar surface area (TPSA) is 42.4 Å². The van der Waals surface area contributed by atoms with Crippen LogP contribution in [0.2, 0.25) is 0 Å². The summed E-state index contributed by atoms with van der Waals surface area (Å²) in [6.45, 7) is 8.61. The minimum Gasteiger partial charge on any atom is -0.496 e. The summed E-state index contributed by atoms with van der Waals surface area (Å²) in [4.78, 5) is 4.53. The fourth-order valence-electron chi connectivity index (χ4n) is 3.85. The Hall–Kier alpha value is -1.09. The Bertz CT molecular complexity index is 496. The van der Waals surface area contributed by atoms with Gasteiger partial charge in [0.15, 0.2) is 0 Å². The van der Waals surface area contributed by atoms with Crippen LogP contribution in [0.25, 0.3) is 0 Å². The molecule has 21 heavy (non-hydrogen) atoms. The van der Waals surface area contributed by atoms with E-state index in [4.69, 9.17) is 4.74 Å². The summed E-state index contributed by atoms with van der Waals surface area (Å²) in [5, 5.41) is 10.7. The summed E-state index contributed by atoms with van der Waals surface area (Å²) in [5.41, 5.74) is 3.29. The predicted octanol–water partition coefficient (Wildman–Crippen LogP) is 3.83. The number of pyridine rings is 1. The van der Waals surface area contributed by atoms with Gasteiger partial charge in [0.1, 0.15) is 5.75 Å². The lowest BCUT2D eigenvalue weighted by atomic mass is 9.66. The van der Waals surface area contributed by atoms with Gasteiger partial charge in [-0.3, -0.25) is 4.98 Å². The number of aryl methyl sites for hydroxylation is 1. The average molecular weight is 291 g/mol. The van der Waals surface area contributed by atoms with E-state index in [1.54, 1.807) is 7.11 Å². The van der Waals surface area contributed by atoms with E-state index in [-0.39, 0.29) is 11.5 Å². The highest BCUT2D eigenvalue weighted by Gasteiger charge is 2.37. The number of aliphatic hydroxyl groups excluding tert-OH is 1. The van der Waals surface area contributed by atoms with Crippen molar-refractivity contribution in [3.63, 3.8) is 0 Å². The molecule has 0 radical (unpaired) electrons. The lowest BCUT2D eigenvalue weighted by Gasteiger charge is -2.41. The monoisotopic (exact) mass is 291 g/mol. The fourth-order valence-corrected chi connectivity index (χ4v) is 3.85. The molecule has 2 unspecified atom stereocenters. The molecule has 0 amide bonds. The van der Waals surface area contributed by atoms with Crippen molar-refractivity contribution in [2.24, 2.45) is 11.3 Å². The largest absolute Gasteiger partial charge is 0.496 e. The van der Waals surface area contributed by atoms with Crippen LogP contribution in [0, 0.1) is 25.2 Å². The van der Waals surface area contributed by atoms with Crippen LogP contribution < -0.4 is 4.74 Å². The molecular weight excluding hydrogens is 262 g/mol. The van der Waals surface area contributed by atoms with Crippen molar-refractivity contribution in [3.8, 4) is 5.75 Å². The van der Waals surface area contributed by atoms with E-state index in [0.717, 1.165) is 29.0 Å². The van der Waals surface area contributed by atoms with Crippen LogP contribution in [0.15, 0.2) is 6.20 Å². The number of nitrogens with zero attached hydrogens (tertiary/aromatic N) is 1. The number of aromatic nitrogens is 1. The standard InChI is InChI=1S/C18H29NO2/c1-12-11-19-15(13(2)17(12)21-5)10-16(20)14-8-6-7-9-18(14,3)4/h11,14,16,20H,6-10H2,1-5H3. The van der Waals surface area contributed by atoms with Crippen LogP contribution in [0.3, 0.4) is 0 Å². The van der Waals surface area contributed by atoms with Crippen molar-refractivity contribution in [1.82, 2.24) is 4.98 Å². The van der Waals surface area contributed by atoms with Crippen molar-refractivity contribution in [3.05, 3.63) is 23.0 Å². The van der Waals surface area contributed by atoms with E-state index in [0.29, 0.717) is 12.3 Å². The van der Waals surface area contributed by atoms with Crippen molar-refractivity contribution < 1.29 is 9.84 Å². The number of ether oxygens (including phenoxy) is 1. The zero-order chi connectivity index (χ0) is 15.6. The van der Waals surface area contributed by atoms with E-state index >= 15 is 0 Å². The molecule has 1 aromatic rings. The van der Waals surface area contributed by atoms with E-state index < -0.39 is 0 Å². The molecule has 1 saturated carbocycles. The summed E-state index contributed by atoms with van der Waals surface area (Å²) in [6, 6.07) is 0. The van der Waals surface area contributed by atoms with Gasteiger partial charge in [0, 0.05) is 29.4 Å². The fraction of sp³-hybridized carbons (Fsp3) is 0.722. The Kier molecular flexibility index (Phi) is 4.92. The molecule has 1 N–H and O–H groups in total. The molecule has 1 aliphatic carbocycles. The van der Waals surface area contributed by atoms with Crippen molar-refractivity contribution in [1.29, 1.82) is 0 Å². The first-order valence-electron chi connectivity index (χ1n) is 8.04. The highest BCUT2D eigenvalue weighted by molar-refractivity contribution is 5.41. The maximum atomic E-state index is 10.7. The Morgan fingerprint density at radius 1 is 1.38 bits per heavy atom. The average Bonchev–Trinajstić information content (AvgIpc) is 2.42. The predicted molar refractivity (Wildman–Crippen MR) is 85.7 cm³/mol. The normalized spacial score (nSPS) is 22.9. The zero-order valence-electron chi connectivity index (χ0n) is 14.1. The lowest BCUT2D eigenvalue weighted by molar-refractivity contribution is 0.00520. The molecule has 1 fully saturated rings. The molecule has 0 aliphatic heterocycles. The molecule has 0 bridgehead atoms. The van der Waals surface area contributed by atoms with Gasteiger partial charge in [0.2, 0.25) is 0 Å². The van der Waals surface area contributed by atoms with Gasteiger partial charge < -0.3 is 9.84 Å². The first kappa shape index (κ1) is 16.3.